The standard InChI is InChI=1S/C5H4F3NS.C2H6/c1-3-2-9-4(10-3)5(6,7)8;1-2/h2H,1H3;1-2H3. The number of hydrogen-bond acceptors (Lipinski definition) is 2. The number of aromatic nitrogens is 1. The molecule has 0 unspecified atom stereocenters. The lowest BCUT2D eigenvalue weighted by atomic mass is 10.6. The summed E-state index contributed by atoms with van der Waals surface area (Å²) in [6.45, 7) is 5.59. The van der Waals surface area contributed by atoms with E-state index in [9.17, 15) is 13.2 Å². The van der Waals surface area contributed by atoms with Crippen molar-refractivity contribution in [2.75, 3.05) is 0 Å². The van der Waals surface area contributed by atoms with Crippen LogP contribution in [0.15, 0.2) is 6.20 Å². The Kier molecular flexibility index (Phi) is 4.23. The number of aryl methyl sites for hydroxylation is 1. The molecule has 0 fully saturated rings. The third-order valence-corrected chi connectivity index (χ3v) is 1.82. The normalized spacial score (nSPS) is 10.5. The van der Waals surface area contributed by atoms with Crippen molar-refractivity contribution in [1.82, 2.24) is 4.98 Å². The Morgan fingerprint density at radius 3 is 2.00 bits per heavy atom. The van der Waals surface area contributed by atoms with Gasteiger partial charge in [0.25, 0.3) is 0 Å². The van der Waals surface area contributed by atoms with Crippen LogP contribution in [0.1, 0.15) is 23.7 Å². The molecule has 70 valence electrons. The molecule has 1 rings (SSSR count). The van der Waals surface area contributed by atoms with Gasteiger partial charge in [-0.05, 0) is 6.92 Å². The zero-order chi connectivity index (χ0) is 9.78. The molecule has 1 nitrogen and oxygen atoms in total. The number of thiazole rings is 1. The van der Waals surface area contributed by atoms with Gasteiger partial charge in [-0.15, -0.1) is 11.3 Å². The summed E-state index contributed by atoms with van der Waals surface area (Å²) in [5.74, 6) is 0. The molecule has 1 aromatic rings. The van der Waals surface area contributed by atoms with E-state index in [1.807, 2.05) is 13.8 Å². The molecule has 0 radical (unpaired) electrons. The van der Waals surface area contributed by atoms with E-state index in [-0.39, 0.29) is 0 Å². The van der Waals surface area contributed by atoms with Gasteiger partial charge in [0.15, 0.2) is 5.01 Å². The zero-order valence-corrected chi connectivity index (χ0v) is 7.88. The van der Waals surface area contributed by atoms with E-state index in [0.29, 0.717) is 16.2 Å². The first kappa shape index (κ1) is 11.4. The van der Waals surface area contributed by atoms with Gasteiger partial charge in [0, 0.05) is 11.1 Å². The van der Waals surface area contributed by atoms with E-state index in [2.05, 4.69) is 4.98 Å². The molecule has 0 saturated carbocycles. The molecule has 1 aromatic heterocycles. The minimum absolute atomic E-state index is 0.576. The van der Waals surface area contributed by atoms with Gasteiger partial charge >= 0.3 is 6.18 Å². The number of alkyl halides is 3. The van der Waals surface area contributed by atoms with Crippen molar-refractivity contribution in [3.8, 4) is 0 Å². The van der Waals surface area contributed by atoms with Gasteiger partial charge in [-0.2, -0.15) is 13.2 Å². The SMILES string of the molecule is CC.Cc1cnc(C(F)(F)F)s1. The molecule has 0 N–H and O–H groups in total. The highest BCUT2D eigenvalue weighted by molar-refractivity contribution is 7.11. The van der Waals surface area contributed by atoms with Gasteiger partial charge in [-0.1, -0.05) is 13.8 Å². The van der Waals surface area contributed by atoms with Crippen LogP contribution in [0.3, 0.4) is 0 Å². The fourth-order valence-electron chi connectivity index (χ4n) is 0.486. The lowest BCUT2D eigenvalue weighted by molar-refractivity contribution is -0.137. The van der Waals surface area contributed by atoms with Crippen molar-refractivity contribution in [3.63, 3.8) is 0 Å². The van der Waals surface area contributed by atoms with Crippen LogP contribution in [0, 0.1) is 6.92 Å². The summed E-state index contributed by atoms with van der Waals surface area (Å²) in [7, 11) is 0. The molecule has 0 bridgehead atoms. The zero-order valence-electron chi connectivity index (χ0n) is 7.07. The van der Waals surface area contributed by atoms with Crippen molar-refractivity contribution in [2.24, 2.45) is 0 Å². The highest BCUT2D eigenvalue weighted by Crippen LogP contribution is 2.31. The first-order valence-electron chi connectivity index (χ1n) is 3.50. The van der Waals surface area contributed by atoms with Crippen LogP contribution in [0.4, 0.5) is 13.2 Å². The highest BCUT2D eigenvalue weighted by Gasteiger charge is 2.33. The molecule has 0 aliphatic rings. The Labute approximate surface area is 73.3 Å². The highest BCUT2D eigenvalue weighted by atomic mass is 32.1. The maximum atomic E-state index is 11.7. The lowest BCUT2D eigenvalue weighted by Gasteiger charge is -1.98. The minimum atomic E-state index is -4.28. The third kappa shape index (κ3) is 3.21. The second-order valence-corrected chi connectivity index (χ2v) is 3.01. The van der Waals surface area contributed by atoms with Crippen LogP contribution in [-0.2, 0) is 6.18 Å². The Hall–Kier alpha value is -0.580. The monoisotopic (exact) mass is 197 g/mol. The topological polar surface area (TPSA) is 12.9 Å². The minimum Gasteiger partial charge on any atom is -0.240 e. The van der Waals surface area contributed by atoms with E-state index < -0.39 is 11.2 Å². The second-order valence-electron chi connectivity index (χ2n) is 1.77. The summed E-state index contributed by atoms with van der Waals surface area (Å²) in [6.07, 6.45) is -3.06. The number of halogens is 3. The molecule has 0 spiro atoms. The Morgan fingerprint density at radius 1 is 1.33 bits per heavy atom. The van der Waals surface area contributed by atoms with Gasteiger partial charge in [0.05, 0.1) is 0 Å². The first-order valence-corrected chi connectivity index (χ1v) is 4.31. The van der Waals surface area contributed by atoms with Crippen LogP contribution >= 0.6 is 11.3 Å². The van der Waals surface area contributed by atoms with Crippen molar-refractivity contribution in [3.05, 3.63) is 16.1 Å². The summed E-state index contributed by atoms with van der Waals surface area (Å²) < 4.78 is 35.2. The quantitative estimate of drug-likeness (QED) is 0.620. The molecular formula is C7H10F3NS. The molecule has 0 saturated heterocycles. The maximum Gasteiger partial charge on any atom is 0.443 e. The Balaban J connectivity index is 0.000000561. The molecule has 12 heavy (non-hydrogen) atoms. The summed E-state index contributed by atoms with van der Waals surface area (Å²) in [4.78, 5) is 3.76. The van der Waals surface area contributed by atoms with Crippen molar-refractivity contribution in [2.45, 2.75) is 26.9 Å². The van der Waals surface area contributed by atoms with Crippen LogP contribution in [0.25, 0.3) is 0 Å². The molecular weight excluding hydrogens is 187 g/mol. The van der Waals surface area contributed by atoms with E-state index in [4.69, 9.17) is 0 Å². The summed E-state index contributed by atoms with van der Waals surface area (Å²) in [5.41, 5.74) is 0. The predicted molar refractivity (Wildman–Crippen MR) is 43.2 cm³/mol. The van der Waals surface area contributed by atoms with Crippen molar-refractivity contribution < 1.29 is 13.2 Å². The van der Waals surface area contributed by atoms with Crippen LogP contribution in [-0.4, -0.2) is 4.98 Å². The van der Waals surface area contributed by atoms with Crippen LogP contribution < -0.4 is 0 Å². The van der Waals surface area contributed by atoms with Crippen molar-refractivity contribution >= 4 is 11.3 Å². The third-order valence-electron chi connectivity index (χ3n) is 0.864. The largest absolute Gasteiger partial charge is 0.443 e. The summed E-state index contributed by atoms with van der Waals surface area (Å²) in [6, 6.07) is 0. The average Bonchev–Trinajstić information content (AvgIpc) is 2.39. The summed E-state index contributed by atoms with van der Waals surface area (Å²) in [5, 5.41) is -0.773. The number of rotatable bonds is 0. The van der Waals surface area contributed by atoms with Gasteiger partial charge in [-0.25, -0.2) is 4.98 Å². The molecule has 0 aliphatic heterocycles. The van der Waals surface area contributed by atoms with E-state index >= 15 is 0 Å². The average molecular weight is 197 g/mol. The predicted octanol–water partition coefficient (Wildman–Crippen LogP) is 3.50. The van der Waals surface area contributed by atoms with Gasteiger partial charge in [0.2, 0.25) is 0 Å². The molecule has 0 aromatic carbocycles. The first-order chi connectivity index (χ1) is 5.50. The fourth-order valence-corrected chi connectivity index (χ4v) is 1.12. The summed E-state index contributed by atoms with van der Waals surface area (Å²) >= 11 is 0.659. The number of hydrogen-bond donors (Lipinski definition) is 0. The Morgan fingerprint density at radius 2 is 1.83 bits per heavy atom. The maximum absolute atomic E-state index is 11.7. The van der Waals surface area contributed by atoms with Gasteiger partial charge in [-0.3, -0.25) is 0 Å². The molecule has 1 heterocycles. The fraction of sp³-hybridized carbons (Fsp3) is 0.571. The smallest absolute Gasteiger partial charge is 0.240 e. The lowest BCUT2D eigenvalue weighted by Crippen LogP contribution is -2.02. The molecule has 5 heteroatoms. The van der Waals surface area contributed by atoms with Crippen LogP contribution in [0.2, 0.25) is 0 Å². The Bertz CT molecular complexity index is 229. The van der Waals surface area contributed by atoms with Gasteiger partial charge in [0.1, 0.15) is 0 Å². The van der Waals surface area contributed by atoms with E-state index in [1.165, 1.54) is 6.20 Å². The molecule has 0 atom stereocenters. The van der Waals surface area contributed by atoms with Gasteiger partial charge < -0.3 is 0 Å². The number of nitrogens with zero attached hydrogens (tertiary/aromatic N) is 1. The van der Waals surface area contributed by atoms with E-state index in [0.717, 1.165) is 0 Å². The second kappa shape index (κ2) is 4.45. The molecule has 0 amide bonds. The van der Waals surface area contributed by atoms with Crippen LogP contribution in [0.5, 0.6) is 0 Å². The van der Waals surface area contributed by atoms with Crippen molar-refractivity contribution in [1.29, 1.82) is 0 Å². The van der Waals surface area contributed by atoms with E-state index in [1.54, 1.807) is 6.92 Å². The molecule has 0 aliphatic carbocycles.